The molecule has 0 aliphatic heterocycles. The highest BCUT2D eigenvalue weighted by Crippen LogP contribution is 1.71. The van der Waals surface area contributed by atoms with Crippen LogP contribution in [0.3, 0.4) is 0 Å². The van der Waals surface area contributed by atoms with Crippen molar-refractivity contribution in [2.75, 3.05) is 33.7 Å². The third kappa shape index (κ3) is 397. The molecule has 0 aliphatic rings. The van der Waals surface area contributed by atoms with Crippen LogP contribution in [0.1, 0.15) is 77.7 Å². The smallest absolute Gasteiger partial charge is 0.302 e. The van der Waals surface area contributed by atoms with E-state index in [1.807, 2.05) is 6.92 Å². The fraction of sp³-hybridized carbons (Fsp3) is 0.800. The summed E-state index contributed by atoms with van der Waals surface area (Å²) in [6.07, 6.45) is 2.99. The molecule has 0 atom stereocenters. The zero-order valence-electron chi connectivity index (χ0n) is 17.4. The fourth-order valence-corrected chi connectivity index (χ4v) is 0. The molecule has 0 aromatic carbocycles. The van der Waals surface area contributed by atoms with E-state index in [1.165, 1.54) is 39.7 Å². The molecule has 0 spiro atoms. The van der Waals surface area contributed by atoms with Crippen LogP contribution in [0.4, 0.5) is 0 Å². The summed E-state index contributed by atoms with van der Waals surface area (Å²) in [5.74, 6) is 0.269. The lowest BCUT2D eigenvalue weighted by Crippen LogP contribution is -2.17. The summed E-state index contributed by atoms with van der Waals surface area (Å²) in [5.41, 5.74) is 0. The van der Waals surface area contributed by atoms with Crippen molar-refractivity contribution in [3.05, 3.63) is 0 Å². The van der Waals surface area contributed by atoms with Crippen molar-refractivity contribution in [1.82, 2.24) is 4.90 Å². The summed E-state index contributed by atoms with van der Waals surface area (Å²) in [6.45, 7) is 9.38. The number of sulfone groups is 1. The van der Waals surface area contributed by atoms with Gasteiger partial charge >= 0.3 is 5.97 Å². The second kappa shape index (κ2) is 37.0. The Labute approximate surface area is 182 Å². The number of carbonyl (C=O) groups is 4. The van der Waals surface area contributed by atoms with Gasteiger partial charge in [-0.2, -0.15) is 0 Å². The van der Waals surface area contributed by atoms with Crippen LogP contribution >= 0.6 is 0 Å². The summed E-state index contributed by atoms with van der Waals surface area (Å²) in [6, 6.07) is 0. The van der Waals surface area contributed by atoms with Crippen LogP contribution < -0.4 is 0 Å². The highest BCUT2D eigenvalue weighted by molar-refractivity contribution is 7.89. The lowest BCUT2D eigenvalue weighted by molar-refractivity contribution is -0.138. The summed E-state index contributed by atoms with van der Waals surface area (Å²) in [7, 11) is 2.13. The van der Waals surface area contributed by atoms with Crippen LogP contribution in [0.25, 0.3) is 0 Å². The monoisotopic (exact) mass is 449 g/mol. The minimum atomic E-state index is -2.67. The van der Waals surface area contributed by atoms with E-state index in [2.05, 4.69) is 4.74 Å². The average Bonchev–Trinajstić information content (AvgIpc) is 2.37. The zero-order chi connectivity index (χ0) is 21.8. The van der Waals surface area contributed by atoms with E-state index < -0.39 is 9.84 Å². The van der Waals surface area contributed by atoms with E-state index in [4.69, 9.17) is 0 Å². The van der Waals surface area contributed by atoms with Gasteiger partial charge in [-0.1, -0.05) is 36.6 Å². The lowest BCUT2D eigenvalue weighted by Gasteiger charge is -2.02. The number of Topliss-reactive ketones (excluding diaryl/α,β-unsaturated/α-hetero) is 2. The van der Waals surface area contributed by atoms with Crippen molar-refractivity contribution < 1.29 is 32.3 Å². The predicted molar refractivity (Wildman–Crippen MR) is 127 cm³/mol. The Morgan fingerprint density at radius 3 is 0.897 bits per heavy atom. The molecule has 1 amide bonds. The lowest BCUT2D eigenvalue weighted by atomic mass is 10.4. The van der Waals surface area contributed by atoms with Crippen LogP contribution in [0.15, 0.2) is 0 Å². The first-order valence-electron chi connectivity index (χ1n) is 7.26. The number of nitrogens with zero attached hydrogens (tertiary/aromatic N) is 1. The molecular formula is C20H51NO7S. The van der Waals surface area contributed by atoms with Crippen molar-refractivity contribution in [3.63, 3.8) is 0 Å². The number of esters is 1. The molecule has 0 heterocycles. The Bertz CT molecular complexity index is 445. The summed E-state index contributed by atoms with van der Waals surface area (Å²) in [5, 5.41) is 0. The predicted octanol–water partition coefficient (Wildman–Crippen LogP) is 4.06. The molecule has 184 valence electrons. The maximum Gasteiger partial charge on any atom is 0.302 e. The van der Waals surface area contributed by atoms with E-state index in [9.17, 15) is 27.6 Å². The molecule has 0 N–H and O–H groups in total. The molecule has 0 fully saturated rings. The van der Waals surface area contributed by atoms with Gasteiger partial charge in [0.25, 0.3) is 0 Å². The largest absolute Gasteiger partial charge is 0.469 e. The van der Waals surface area contributed by atoms with Crippen LogP contribution in [-0.2, 0) is 33.8 Å². The maximum absolute atomic E-state index is 10.1. The molecule has 0 saturated carbocycles. The Morgan fingerprint density at radius 1 is 0.793 bits per heavy atom. The first kappa shape index (κ1) is 56.4. The van der Waals surface area contributed by atoms with Gasteiger partial charge in [0.1, 0.15) is 21.4 Å². The van der Waals surface area contributed by atoms with E-state index in [1.54, 1.807) is 21.0 Å². The summed E-state index contributed by atoms with van der Waals surface area (Å²) >= 11 is 0. The van der Waals surface area contributed by atoms with Crippen LogP contribution in [0, 0.1) is 0 Å². The van der Waals surface area contributed by atoms with Gasteiger partial charge in [-0.05, 0) is 20.8 Å². The number of amides is 1. The first-order valence-corrected chi connectivity index (χ1v) is 9.56. The quantitative estimate of drug-likeness (QED) is 0.554. The number of methoxy groups -OCH3 is 1. The third-order valence-electron chi connectivity index (χ3n) is 1.42. The van der Waals surface area contributed by atoms with Gasteiger partial charge in [0.2, 0.25) is 5.91 Å². The Hall–Kier alpha value is -1.77. The Morgan fingerprint density at radius 2 is 0.897 bits per heavy atom. The first-order chi connectivity index (χ1) is 10.9. The molecule has 0 saturated heterocycles. The van der Waals surface area contributed by atoms with Gasteiger partial charge in [0.15, 0.2) is 0 Å². The molecule has 0 radical (unpaired) electrons. The number of hydrogen-bond donors (Lipinski definition) is 0. The van der Waals surface area contributed by atoms with Gasteiger partial charge < -0.3 is 19.2 Å². The topological polar surface area (TPSA) is 115 Å². The number of ether oxygens (including phenoxy) is 1. The molecule has 0 aromatic heterocycles. The molecule has 29 heavy (non-hydrogen) atoms. The minimum Gasteiger partial charge on any atom is -0.469 e. The number of hydrogen-bond acceptors (Lipinski definition) is 7. The van der Waals surface area contributed by atoms with E-state index in [0.29, 0.717) is 6.42 Å². The van der Waals surface area contributed by atoms with Crippen LogP contribution in [-0.4, -0.2) is 70.5 Å². The van der Waals surface area contributed by atoms with E-state index in [0.717, 1.165) is 12.5 Å². The van der Waals surface area contributed by atoms with Crippen LogP contribution in [0.5, 0.6) is 0 Å². The standard InChI is InChI=1S/C4H9NO.C4H8O.C3H6O2.C3H6O.C2H6O2S.4CH4/c1-4(6)5(2)3;1-3-4(2)5;1-3(4)5-2;1-3(2)4;1-5(2,3)4;;;;/h1-3H3;3H2,1-2H3;1-2H3;1-2H3;1-2H3;4*1H4. The molecule has 0 aliphatic carbocycles. The van der Waals surface area contributed by atoms with Crippen molar-refractivity contribution >= 4 is 33.3 Å². The fourth-order valence-electron chi connectivity index (χ4n) is 0. The third-order valence-corrected chi connectivity index (χ3v) is 1.42. The highest BCUT2D eigenvalue weighted by atomic mass is 32.2. The zero-order valence-corrected chi connectivity index (χ0v) is 18.2. The van der Waals surface area contributed by atoms with Crippen molar-refractivity contribution in [2.24, 2.45) is 0 Å². The minimum absolute atomic E-state index is 0. The van der Waals surface area contributed by atoms with Gasteiger partial charge in [-0.3, -0.25) is 9.59 Å². The SMILES string of the molecule is C.C.C.C.CC(=O)N(C)C.CC(C)=O.CCC(C)=O.COC(C)=O.CS(C)(=O)=O. The second-order valence-electron chi connectivity index (χ2n) is 5.22. The van der Waals surface area contributed by atoms with Crippen molar-refractivity contribution in [3.8, 4) is 0 Å². The molecule has 0 aromatic rings. The summed E-state index contributed by atoms with van der Waals surface area (Å²) in [4.78, 5) is 40.4. The van der Waals surface area contributed by atoms with E-state index >= 15 is 0 Å². The molecule has 0 rings (SSSR count). The average molecular weight is 450 g/mol. The molecule has 9 heteroatoms. The number of rotatable bonds is 1. The summed E-state index contributed by atoms with van der Waals surface area (Å²) < 4.78 is 23.4. The van der Waals surface area contributed by atoms with Crippen molar-refractivity contribution in [2.45, 2.75) is 77.7 Å². The molecule has 0 bridgehead atoms. The van der Waals surface area contributed by atoms with Crippen molar-refractivity contribution in [1.29, 1.82) is 0 Å². The Balaban J connectivity index is -0.0000000239. The van der Waals surface area contributed by atoms with E-state index in [-0.39, 0.29) is 53.1 Å². The van der Waals surface area contributed by atoms with Gasteiger partial charge in [0.05, 0.1) is 7.11 Å². The Kier molecular flexibility index (Phi) is 72.0. The van der Waals surface area contributed by atoms with Crippen LogP contribution in [0.2, 0.25) is 0 Å². The molecule has 0 unspecified atom stereocenters. The van der Waals surface area contributed by atoms with Gasteiger partial charge in [0, 0.05) is 46.9 Å². The second-order valence-corrected chi connectivity index (χ2v) is 7.50. The van der Waals surface area contributed by atoms with Gasteiger partial charge in [-0.25, -0.2) is 8.42 Å². The number of carbonyl (C=O) groups excluding carboxylic acids is 4. The molecular weight excluding hydrogens is 398 g/mol. The molecule has 8 nitrogen and oxygen atoms in total. The van der Waals surface area contributed by atoms with Gasteiger partial charge in [-0.15, -0.1) is 0 Å². The highest BCUT2D eigenvalue weighted by Gasteiger charge is 1.87. The maximum atomic E-state index is 10.1. The normalized spacial score (nSPS) is 7.00. The number of ketones is 2.